The highest BCUT2D eigenvalue weighted by atomic mass is 32.1. The normalized spacial score (nSPS) is 10.4. The van der Waals surface area contributed by atoms with Gasteiger partial charge in [-0.2, -0.15) is 0 Å². The molecular weight excluding hydrogens is 322 g/mol. The van der Waals surface area contributed by atoms with Crippen LogP contribution in [-0.4, -0.2) is 27.9 Å². The molecule has 0 aliphatic rings. The molecule has 2 heterocycles. The van der Waals surface area contributed by atoms with E-state index in [0.29, 0.717) is 18.8 Å². The van der Waals surface area contributed by atoms with E-state index in [9.17, 15) is 4.79 Å². The average molecular weight is 339 g/mol. The van der Waals surface area contributed by atoms with Gasteiger partial charge in [-0.3, -0.25) is 9.78 Å². The molecule has 0 saturated carbocycles. The molecule has 3 rings (SSSR count). The number of rotatable bonds is 6. The van der Waals surface area contributed by atoms with Gasteiger partial charge in [0.05, 0.1) is 26.4 Å². The number of ether oxygens (including phenoxy) is 1. The van der Waals surface area contributed by atoms with Crippen molar-refractivity contribution < 1.29 is 9.53 Å². The highest BCUT2D eigenvalue weighted by Gasteiger charge is 2.19. The third-order valence-corrected chi connectivity index (χ3v) is 4.41. The van der Waals surface area contributed by atoms with Crippen molar-refractivity contribution in [2.45, 2.75) is 13.1 Å². The van der Waals surface area contributed by atoms with Crippen LogP contribution in [0, 0.1) is 0 Å². The van der Waals surface area contributed by atoms with E-state index in [-0.39, 0.29) is 5.91 Å². The summed E-state index contributed by atoms with van der Waals surface area (Å²) in [6, 6.07) is 11.7. The van der Waals surface area contributed by atoms with Gasteiger partial charge in [-0.05, 0) is 17.5 Å². The third kappa shape index (κ3) is 3.78. The second kappa shape index (κ2) is 7.70. The van der Waals surface area contributed by atoms with E-state index in [1.54, 1.807) is 29.5 Å². The predicted molar refractivity (Wildman–Crippen MR) is 92.9 cm³/mol. The molecule has 1 amide bonds. The van der Waals surface area contributed by atoms with Crippen molar-refractivity contribution in [2.75, 3.05) is 7.11 Å². The van der Waals surface area contributed by atoms with Crippen LogP contribution in [0.4, 0.5) is 0 Å². The van der Waals surface area contributed by atoms with Gasteiger partial charge in [0.25, 0.3) is 5.91 Å². The number of amides is 1. The lowest BCUT2D eigenvalue weighted by molar-refractivity contribution is 0.0724. The van der Waals surface area contributed by atoms with Gasteiger partial charge in [0.2, 0.25) is 0 Å². The van der Waals surface area contributed by atoms with E-state index in [4.69, 9.17) is 4.74 Å². The van der Waals surface area contributed by atoms with Gasteiger partial charge < -0.3 is 9.64 Å². The minimum absolute atomic E-state index is 0.151. The SMILES string of the molecule is COc1ccccc1CN(Cc1cccs1)C(=O)c1cnccn1. The fourth-order valence-electron chi connectivity index (χ4n) is 2.40. The van der Waals surface area contributed by atoms with E-state index >= 15 is 0 Å². The Kier molecular flexibility index (Phi) is 5.18. The summed E-state index contributed by atoms with van der Waals surface area (Å²) in [4.78, 5) is 23.9. The third-order valence-electron chi connectivity index (χ3n) is 3.55. The molecule has 2 aromatic heterocycles. The van der Waals surface area contributed by atoms with Crippen molar-refractivity contribution in [2.24, 2.45) is 0 Å². The van der Waals surface area contributed by atoms with E-state index < -0.39 is 0 Å². The molecule has 0 atom stereocenters. The zero-order valence-electron chi connectivity index (χ0n) is 13.3. The second-order valence-electron chi connectivity index (χ2n) is 5.14. The molecule has 0 aliphatic heterocycles. The lowest BCUT2D eigenvalue weighted by atomic mass is 10.1. The smallest absolute Gasteiger partial charge is 0.274 e. The number of para-hydroxylation sites is 1. The first-order chi connectivity index (χ1) is 11.8. The van der Waals surface area contributed by atoms with Gasteiger partial charge in [0.15, 0.2) is 0 Å². The lowest BCUT2D eigenvalue weighted by Crippen LogP contribution is -2.30. The molecule has 5 nitrogen and oxygen atoms in total. The van der Waals surface area contributed by atoms with E-state index in [0.717, 1.165) is 16.2 Å². The molecule has 0 bridgehead atoms. The summed E-state index contributed by atoms with van der Waals surface area (Å²) < 4.78 is 5.40. The monoisotopic (exact) mass is 339 g/mol. The van der Waals surface area contributed by atoms with Gasteiger partial charge in [-0.25, -0.2) is 4.98 Å². The first-order valence-electron chi connectivity index (χ1n) is 7.47. The molecule has 122 valence electrons. The van der Waals surface area contributed by atoms with Crippen LogP contribution in [0.1, 0.15) is 20.9 Å². The Morgan fingerprint density at radius 2 is 2.04 bits per heavy atom. The number of aromatic nitrogens is 2. The molecule has 1 aromatic carbocycles. The van der Waals surface area contributed by atoms with Crippen LogP contribution in [0.5, 0.6) is 5.75 Å². The van der Waals surface area contributed by atoms with E-state index in [2.05, 4.69) is 9.97 Å². The summed E-state index contributed by atoms with van der Waals surface area (Å²) in [5.41, 5.74) is 1.29. The zero-order valence-corrected chi connectivity index (χ0v) is 14.1. The number of nitrogens with zero attached hydrogens (tertiary/aromatic N) is 3. The molecule has 0 aliphatic carbocycles. The van der Waals surface area contributed by atoms with Crippen LogP contribution >= 0.6 is 11.3 Å². The maximum Gasteiger partial charge on any atom is 0.274 e. The highest BCUT2D eigenvalue weighted by molar-refractivity contribution is 7.09. The maximum absolute atomic E-state index is 12.9. The molecular formula is C18H17N3O2S. The summed E-state index contributed by atoms with van der Waals surface area (Å²) in [7, 11) is 1.63. The zero-order chi connectivity index (χ0) is 16.8. The Bertz CT molecular complexity index is 791. The van der Waals surface area contributed by atoms with Gasteiger partial charge in [-0.1, -0.05) is 24.3 Å². The molecule has 0 spiro atoms. The number of carbonyl (C=O) groups is 1. The van der Waals surface area contributed by atoms with Crippen LogP contribution in [0.15, 0.2) is 60.4 Å². The summed E-state index contributed by atoms with van der Waals surface area (Å²) in [6.45, 7) is 0.961. The number of hydrogen-bond donors (Lipinski definition) is 0. The Balaban J connectivity index is 1.88. The van der Waals surface area contributed by atoms with Crippen molar-refractivity contribution in [3.63, 3.8) is 0 Å². The van der Waals surface area contributed by atoms with Crippen molar-refractivity contribution in [3.8, 4) is 5.75 Å². The number of benzene rings is 1. The number of thiophene rings is 1. The second-order valence-corrected chi connectivity index (χ2v) is 6.18. The summed E-state index contributed by atoms with van der Waals surface area (Å²) >= 11 is 1.62. The Morgan fingerprint density at radius 3 is 2.75 bits per heavy atom. The summed E-state index contributed by atoms with van der Waals surface area (Å²) in [5, 5.41) is 2.00. The van der Waals surface area contributed by atoms with Crippen LogP contribution in [0.25, 0.3) is 0 Å². The lowest BCUT2D eigenvalue weighted by Gasteiger charge is -2.22. The molecule has 0 unspecified atom stereocenters. The van der Waals surface area contributed by atoms with Crippen LogP contribution in [0.3, 0.4) is 0 Å². The van der Waals surface area contributed by atoms with Crippen molar-refractivity contribution in [1.29, 1.82) is 0 Å². The first-order valence-corrected chi connectivity index (χ1v) is 8.35. The fraction of sp³-hybridized carbons (Fsp3) is 0.167. The molecule has 0 radical (unpaired) electrons. The van der Waals surface area contributed by atoms with E-state index in [1.165, 1.54) is 12.4 Å². The molecule has 0 fully saturated rings. The predicted octanol–water partition coefficient (Wildman–Crippen LogP) is 3.39. The van der Waals surface area contributed by atoms with Crippen LogP contribution in [0.2, 0.25) is 0 Å². The summed E-state index contributed by atoms with van der Waals surface area (Å²) in [6.07, 6.45) is 4.58. The molecule has 3 aromatic rings. The maximum atomic E-state index is 12.9. The quantitative estimate of drug-likeness (QED) is 0.691. The molecule has 6 heteroatoms. The largest absolute Gasteiger partial charge is 0.496 e. The standard InChI is InChI=1S/C18H17N3O2S/c1-23-17-7-3-2-5-14(17)12-21(13-15-6-4-10-24-15)18(22)16-11-19-8-9-20-16/h2-11H,12-13H2,1H3. The van der Waals surface area contributed by atoms with Gasteiger partial charge >= 0.3 is 0 Å². The molecule has 24 heavy (non-hydrogen) atoms. The molecule has 0 saturated heterocycles. The fourth-order valence-corrected chi connectivity index (χ4v) is 3.12. The van der Waals surface area contributed by atoms with Crippen molar-refractivity contribution in [3.05, 3.63) is 76.5 Å². The Morgan fingerprint density at radius 1 is 1.17 bits per heavy atom. The highest BCUT2D eigenvalue weighted by Crippen LogP contribution is 2.22. The Hall–Kier alpha value is -2.73. The van der Waals surface area contributed by atoms with Crippen molar-refractivity contribution in [1.82, 2.24) is 14.9 Å². The minimum atomic E-state index is -0.151. The van der Waals surface area contributed by atoms with Crippen LogP contribution in [-0.2, 0) is 13.1 Å². The topological polar surface area (TPSA) is 55.3 Å². The van der Waals surface area contributed by atoms with Gasteiger partial charge in [0, 0.05) is 22.8 Å². The number of methoxy groups -OCH3 is 1. The van der Waals surface area contributed by atoms with Crippen LogP contribution < -0.4 is 4.74 Å². The van der Waals surface area contributed by atoms with Gasteiger partial charge in [0.1, 0.15) is 11.4 Å². The molecule has 0 N–H and O–H groups in total. The number of hydrogen-bond acceptors (Lipinski definition) is 5. The van der Waals surface area contributed by atoms with Gasteiger partial charge in [-0.15, -0.1) is 11.3 Å². The number of carbonyl (C=O) groups excluding carboxylic acids is 1. The van der Waals surface area contributed by atoms with E-state index in [1.807, 2.05) is 41.8 Å². The summed E-state index contributed by atoms with van der Waals surface area (Å²) in [5.74, 6) is 0.614. The van der Waals surface area contributed by atoms with Crippen molar-refractivity contribution >= 4 is 17.2 Å². The first kappa shape index (κ1) is 16.1. The average Bonchev–Trinajstić information content (AvgIpc) is 3.15. The Labute approximate surface area is 144 Å². The minimum Gasteiger partial charge on any atom is -0.496 e.